The van der Waals surface area contributed by atoms with Crippen molar-refractivity contribution < 1.29 is 27.4 Å². The Balaban J connectivity index is 1.27. The Morgan fingerprint density at radius 1 is 1.00 bits per heavy atom. The van der Waals surface area contributed by atoms with E-state index in [1.807, 2.05) is 30.3 Å². The van der Waals surface area contributed by atoms with Crippen LogP contribution in [0.1, 0.15) is 18.4 Å². The highest BCUT2D eigenvalue weighted by Gasteiger charge is 2.21. The lowest BCUT2D eigenvalue weighted by Crippen LogP contribution is -2.31. The number of nitrogens with one attached hydrogen (secondary N) is 1. The van der Waals surface area contributed by atoms with Gasteiger partial charge in [0.25, 0.3) is 0 Å². The third-order valence-electron chi connectivity index (χ3n) is 5.20. The summed E-state index contributed by atoms with van der Waals surface area (Å²) in [6.07, 6.45) is 1.66. The summed E-state index contributed by atoms with van der Waals surface area (Å²) >= 11 is 0. The molecule has 1 heterocycles. The average Bonchev–Trinajstić information content (AvgIpc) is 3.29. The predicted octanol–water partition coefficient (Wildman–Crippen LogP) is 4.18. The molecule has 34 heavy (non-hydrogen) atoms. The lowest BCUT2D eigenvalue weighted by Gasteiger charge is -2.22. The molecule has 0 radical (unpaired) electrons. The molecule has 3 aromatic rings. The second-order valence-electron chi connectivity index (χ2n) is 7.82. The summed E-state index contributed by atoms with van der Waals surface area (Å²) in [6.45, 7) is 0.739. The van der Waals surface area contributed by atoms with E-state index in [0.717, 1.165) is 11.8 Å². The summed E-state index contributed by atoms with van der Waals surface area (Å²) in [6, 6.07) is 22.0. The minimum absolute atomic E-state index is 0.109. The molecule has 1 amide bonds. The van der Waals surface area contributed by atoms with Crippen molar-refractivity contribution in [1.29, 1.82) is 0 Å². The molecule has 0 aliphatic carbocycles. The highest BCUT2D eigenvalue weighted by molar-refractivity contribution is 7.92. The molecule has 1 N–H and O–H groups in total. The molecule has 0 fully saturated rings. The van der Waals surface area contributed by atoms with Crippen molar-refractivity contribution in [2.24, 2.45) is 0 Å². The maximum atomic E-state index is 12.4. The van der Waals surface area contributed by atoms with Gasteiger partial charge in [-0.25, -0.2) is 8.42 Å². The second-order valence-corrected chi connectivity index (χ2v) is 9.73. The van der Waals surface area contributed by atoms with Crippen molar-refractivity contribution in [1.82, 2.24) is 0 Å². The number of benzene rings is 3. The van der Waals surface area contributed by atoms with E-state index >= 15 is 0 Å². The maximum Gasteiger partial charge on any atom is 0.232 e. The molecule has 178 valence electrons. The molecule has 0 spiro atoms. The fraction of sp³-hybridized carbons (Fsp3) is 0.240. The van der Waals surface area contributed by atoms with E-state index < -0.39 is 10.0 Å². The van der Waals surface area contributed by atoms with Crippen LogP contribution in [0.4, 0.5) is 11.4 Å². The lowest BCUT2D eigenvalue weighted by atomic mass is 10.2. The first-order valence-electron chi connectivity index (χ1n) is 10.8. The van der Waals surface area contributed by atoms with Crippen molar-refractivity contribution in [2.45, 2.75) is 19.4 Å². The highest BCUT2D eigenvalue weighted by Crippen LogP contribution is 2.36. The number of hydrogen-bond acceptors (Lipinski definition) is 6. The zero-order valence-corrected chi connectivity index (χ0v) is 19.6. The Morgan fingerprint density at radius 2 is 1.74 bits per heavy atom. The third-order valence-corrected chi connectivity index (χ3v) is 6.39. The number of fused-ring (bicyclic) bond motifs is 1. The molecule has 0 aromatic heterocycles. The number of nitrogens with zero attached hydrogens (tertiary/aromatic N) is 1. The number of sulfonamides is 1. The number of carbonyl (C=O) groups excluding carboxylic acids is 1. The summed E-state index contributed by atoms with van der Waals surface area (Å²) in [5.74, 6) is 1.58. The molecule has 0 saturated heterocycles. The van der Waals surface area contributed by atoms with Crippen LogP contribution >= 0.6 is 0 Å². The zero-order chi connectivity index (χ0) is 24.0. The molecule has 0 bridgehead atoms. The van der Waals surface area contributed by atoms with Crippen molar-refractivity contribution in [2.75, 3.05) is 29.2 Å². The van der Waals surface area contributed by atoms with E-state index in [1.165, 1.54) is 4.31 Å². The number of hydrogen-bond donors (Lipinski definition) is 1. The van der Waals surface area contributed by atoms with Gasteiger partial charge in [-0.2, -0.15) is 0 Å². The second kappa shape index (κ2) is 10.5. The largest absolute Gasteiger partial charge is 0.489 e. The fourth-order valence-electron chi connectivity index (χ4n) is 3.51. The Labute approximate surface area is 199 Å². The van der Waals surface area contributed by atoms with Gasteiger partial charge >= 0.3 is 0 Å². The van der Waals surface area contributed by atoms with Crippen LogP contribution in [-0.2, 0) is 21.4 Å². The summed E-state index contributed by atoms with van der Waals surface area (Å²) in [5, 5.41) is 2.83. The van der Waals surface area contributed by atoms with E-state index in [1.54, 1.807) is 42.5 Å². The smallest absolute Gasteiger partial charge is 0.232 e. The number of anilines is 2. The summed E-state index contributed by atoms with van der Waals surface area (Å²) in [7, 11) is -3.53. The van der Waals surface area contributed by atoms with Gasteiger partial charge in [0.2, 0.25) is 22.7 Å². The minimum Gasteiger partial charge on any atom is -0.489 e. The predicted molar refractivity (Wildman–Crippen MR) is 130 cm³/mol. The average molecular weight is 483 g/mol. The molecule has 1 aliphatic heterocycles. The molecular formula is C25H26N2O6S. The molecule has 4 rings (SSSR count). The van der Waals surface area contributed by atoms with E-state index in [9.17, 15) is 13.2 Å². The third kappa shape index (κ3) is 6.20. The first kappa shape index (κ1) is 23.4. The minimum atomic E-state index is -3.53. The van der Waals surface area contributed by atoms with Gasteiger partial charge in [0.1, 0.15) is 12.4 Å². The van der Waals surface area contributed by atoms with Gasteiger partial charge < -0.3 is 19.5 Å². The van der Waals surface area contributed by atoms with Crippen molar-refractivity contribution in [3.05, 3.63) is 78.4 Å². The van der Waals surface area contributed by atoms with E-state index in [2.05, 4.69) is 5.32 Å². The number of rotatable bonds is 10. The first-order chi connectivity index (χ1) is 16.4. The molecular weight excluding hydrogens is 456 g/mol. The standard InChI is InChI=1S/C25H26N2O6S/c1-34(29,30)27(21-11-14-23-24(16-21)33-18-32-23)15-5-8-25(28)26-20-9-12-22(13-10-20)31-17-19-6-3-2-4-7-19/h2-4,6-7,9-14,16H,5,8,15,17-18H2,1H3,(H,26,28). The van der Waals surface area contributed by atoms with Gasteiger partial charge in [-0.05, 0) is 48.4 Å². The Bertz CT molecular complexity index is 1230. The number of amides is 1. The summed E-state index contributed by atoms with van der Waals surface area (Å²) in [5.41, 5.74) is 2.19. The van der Waals surface area contributed by atoms with Crippen LogP contribution in [0.25, 0.3) is 0 Å². The molecule has 0 unspecified atom stereocenters. The fourth-order valence-corrected chi connectivity index (χ4v) is 4.47. The van der Waals surface area contributed by atoms with Gasteiger partial charge in [0.15, 0.2) is 11.5 Å². The van der Waals surface area contributed by atoms with Crippen molar-refractivity contribution in [3.63, 3.8) is 0 Å². The molecule has 9 heteroatoms. The van der Waals surface area contributed by atoms with Gasteiger partial charge in [-0.15, -0.1) is 0 Å². The monoisotopic (exact) mass is 482 g/mol. The van der Waals surface area contributed by atoms with Crippen molar-refractivity contribution >= 4 is 27.3 Å². The van der Waals surface area contributed by atoms with Crippen LogP contribution < -0.4 is 23.8 Å². The van der Waals surface area contributed by atoms with E-state index in [-0.39, 0.29) is 25.7 Å². The van der Waals surface area contributed by atoms with E-state index in [0.29, 0.717) is 41.7 Å². The zero-order valence-electron chi connectivity index (χ0n) is 18.8. The van der Waals surface area contributed by atoms with Crippen LogP contribution in [0, 0.1) is 0 Å². The quantitative estimate of drug-likeness (QED) is 0.466. The maximum absolute atomic E-state index is 12.4. The highest BCUT2D eigenvalue weighted by atomic mass is 32.2. The molecule has 0 atom stereocenters. The van der Waals surface area contributed by atoms with Gasteiger partial charge in [-0.3, -0.25) is 9.10 Å². The Morgan fingerprint density at radius 3 is 2.47 bits per heavy atom. The van der Waals surface area contributed by atoms with Gasteiger partial charge in [-0.1, -0.05) is 30.3 Å². The number of carbonyl (C=O) groups is 1. The van der Waals surface area contributed by atoms with Crippen molar-refractivity contribution in [3.8, 4) is 17.2 Å². The van der Waals surface area contributed by atoms with Crippen LogP contribution in [0.2, 0.25) is 0 Å². The summed E-state index contributed by atoms with van der Waals surface area (Å²) < 4.78 is 42.3. The van der Waals surface area contributed by atoms with Crippen LogP contribution in [-0.4, -0.2) is 33.9 Å². The molecule has 0 saturated carbocycles. The SMILES string of the molecule is CS(=O)(=O)N(CCCC(=O)Nc1ccc(OCc2ccccc2)cc1)c1ccc2c(c1)OCO2. The first-order valence-corrected chi connectivity index (χ1v) is 12.7. The Kier molecular flexibility index (Phi) is 7.22. The van der Waals surface area contributed by atoms with Crippen LogP contribution in [0.3, 0.4) is 0 Å². The lowest BCUT2D eigenvalue weighted by molar-refractivity contribution is -0.116. The molecule has 1 aliphatic rings. The van der Waals surface area contributed by atoms with Gasteiger partial charge in [0, 0.05) is 24.7 Å². The molecule has 3 aromatic carbocycles. The molecule has 8 nitrogen and oxygen atoms in total. The number of ether oxygens (including phenoxy) is 3. The van der Waals surface area contributed by atoms with Crippen LogP contribution in [0.5, 0.6) is 17.2 Å². The normalized spacial score (nSPS) is 12.3. The van der Waals surface area contributed by atoms with E-state index in [4.69, 9.17) is 14.2 Å². The van der Waals surface area contributed by atoms with Crippen LogP contribution in [0.15, 0.2) is 72.8 Å². The topological polar surface area (TPSA) is 94.2 Å². The Hall–Kier alpha value is -3.72. The van der Waals surface area contributed by atoms with Gasteiger partial charge in [0.05, 0.1) is 11.9 Å². The summed E-state index contributed by atoms with van der Waals surface area (Å²) in [4.78, 5) is 12.4.